The molecule has 4 aromatic heterocycles. The molecule has 0 amide bonds. The lowest BCUT2D eigenvalue weighted by molar-refractivity contribution is 1.17. The van der Waals surface area contributed by atoms with Gasteiger partial charge >= 0.3 is 0 Å². The average molecular weight is 751 g/mol. The van der Waals surface area contributed by atoms with Crippen LogP contribution in [0.2, 0.25) is 0 Å². The Balaban J connectivity index is 1.17. The van der Waals surface area contributed by atoms with E-state index in [9.17, 15) is 0 Å². The molecule has 0 saturated heterocycles. The zero-order valence-electron chi connectivity index (χ0n) is 29.9. The third-order valence-electron chi connectivity index (χ3n) is 10.4. The molecule has 6 heteroatoms. The highest BCUT2D eigenvalue weighted by Gasteiger charge is 2.18. The molecule has 7 aromatic carbocycles. The molecule has 0 aliphatic heterocycles. The zero-order chi connectivity index (χ0) is 37.0. The normalized spacial score (nSPS) is 11.6. The van der Waals surface area contributed by atoms with Crippen molar-refractivity contribution >= 4 is 63.0 Å². The van der Waals surface area contributed by atoms with E-state index < -0.39 is 0 Å². The minimum atomic E-state index is 0.665. The summed E-state index contributed by atoms with van der Waals surface area (Å²) in [6.45, 7) is 0. The van der Waals surface area contributed by atoms with Gasteiger partial charge in [0, 0.05) is 75.0 Å². The molecular weight excluding hydrogens is 721 g/mol. The Hall–Kier alpha value is -6.86. The van der Waals surface area contributed by atoms with E-state index in [1.54, 1.807) is 12.4 Å². The van der Waals surface area contributed by atoms with Crippen molar-refractivity contribution in [3.05, 3.63) is 182 Å². The lowest BCUT2D eigenvalue weighted by Gasteiger charge is -2.14. The molecule has 4 heterocycles. The summed E-state index contributed by atoms with van der Waals surface area (Å²) in [6, 6.07) is 60.2. The maximum atomic E-state index is 5.35. The van der Waals surface area contributed by atoms with Crippen molar-refractivity contribution in [2.24, 2.45) is 0 Å². The van der Waals surface area contributed by atoms with Crippen LogP contribution in [0.3, 0.4) is 0 Å². The number of aromatic nitrogens is 4. The zero-order valence-corrected chi connectivity index (χ0v) is 31.6. The average Bonchev–Trinajstić information content (AvgIpc) is 3.86. The second kappa shape index (κ2) is 13.5. The van der Waals surface area contributed by atoms with Gasteiger partial charge in [0.15, 0.2) is 11.6 Å². The van der Waals surface area contributed by atoms with E-state index in [1.807, 2.05) is 46.9 Å². The van der Waals surface area contributed by atoms with Gasteiger partial charge in [-0.05, 0) is 70.8 Å². The van der Waals surface area contributed by atoms with Crippen LogP contribution in [0.5, 0.6) is 0 Å². The van der Waals surface area contributed by atoms with Gasteiger partial charge in [0.25, 0.3) is 0 Å². The smallest absolute Gasteiger partial charge is 0.160 e. The van der Waals surface area contributed by atoms with Gasteiger partial charge in [-0.1, -0.05) is 121 Å². The molecule has 0 unspecified atom stereocenters. The molecule has 0 bridgehead atoms. The van der Waals surface area contributed by atoms with Gasteiger partial charge in [-0.25, -0.2) is 19.9 Å². The van der Waals surface area contributed by atoms with Crippen LogP contribution in [0.15, 0.2) is 182 Å². The Morgan fingerprint density at radius 2 is 0.804 bits per heavy atom. The number of hydrogen-bond donors (Lipinski definition) is 0. The van der Waals surface area contributed by atoms with Crippen molar-refractivity contribution in [3.63, 3.8) is 0 Å². The molecule has 0 N–H and O–H groups in total. The first-order chi connectivity index (χ1) is 27.7. The predicted octanol–water partition coefficient (Wildman–Crippen LogP) is 14.0. The minimum Gasteiger partial charge on any atom is -0.237 e. The highest BCUT2D eigenvalue weighted by molar-refractivity contribution is 7.26. The Kier molecular flexibility index (Phi) is 7.83. The van der Waals surface area contributed by atoms with E-state index in [1.165, 1.54) is 51.5 Å². The fourth-order valence-corrected chi connectivity index (χ4v) is 10.2. The molecule has 11 aromatic rings. The Morgan fingerprint density at radius 3 is 1.45 bits per heavy atom. The van der Waals surface area contributed by atoms with Crippen molar-refractivity contribution in [1.29, 1.82) is 0 Å². The summed E-state index contributed by atoms with van der Waals surface area (Å²) < 4.78 is 5.12. The molecule has 0 aliphatic carbocycles. The van der Waals surface area contributed by atoms with Crippen molar-refractivity contribution in [2.45, 2.75) is 0 Å². The highest BCUT2D eigenvalue weighted by atomic mass is 32.1. The van der Waals surface area contributed by atoms with Crippen LogP contribution < -0.4 is 0 Å². The third kappa shape index (κ3) is 5.66. The maximum absolute atomic E-state index is 5.35. The third-order valence-corrected chi connectivity index (χ3v) is 12.8. The molecule has 4 nitrogen and oxygen atoms in total. The molecule has 0 saturated carbocycles. The highest BCUT2D eigenvalue weighted by Crippen LogP contribution is 2.45. The number of benzene rings is 7. The summed E-state index contributed by atoms with van der Waals surface area (Å²) in [6.07, 6.45) is 3.54. The van der Waals surface area contributed by atoms with E-state index in [0.717, 1.165) is 44.8 Å². The van der Waals surface area contributed by atoms with Crippen molar-refractivity contribution in [1.82, 2.24) is 19.9 Å². The van der Waals surface area contributed by atoms with Gasteiger partial charge < -0.3 is 0 Å². The van der Waals surface area contributed by atoms with Crippen molar-refractivity contribution in [3.8, 4) is 67.5 Å². The Bertz CT molecular complexity index is 3130. The molecule has 0 aliphatic rings. The minimum absolute atomic E-state index is 0.665. The summed E-state index contributed by atoms with van der Waals surface area (Å²) in [5.41, 5.74) is 10.2. The van der Waals surface area contributed by atoms with E-state index in [-0.39, 0.29) is 0 Å². The quantitative estimate of drug-likeness (QED) is 0.170. The molecule has 0 atom stereocenters. The summed E-state index contributed by atoms with van der Waals surface area (Å²) in [4.78, 5) is 19.7. The maximum Gasteiger partial charge on any atom is 0.160 e. The summed E-state index contributed by atoms with van der Waals surface area (Å²) in [5, 5.41) is 5.11. The number of thiophene rings is 2. The topological polar surface area (TPSA) is 51.6 Å². The van der Waals surface area contributed by atoms with Gasteiger partial charge in [0.05, 0.1) is 11.4 Å². The molecular formula is C50H30N4S2. The van der Waals surface area contributed by atoms with Crippen LogP contribution in [-0.4, -0.2) is 19.9 Å². The molecule has 0 fully saturated rings. The molecule has 262 valence electrons. The predicted molar refractivity (Wildman–Crippen MR) is 236 cm³/mol. The fourth-order valence-electron chi connectivity index (χ4n) is 7.76. The Morgan fingerprint density at radius 1 is 0.321 bits per heavy atom. The van der Waals surface area contributed by atoms with Crippen LogP contribution in [0, 0.1) is 0 Å². The number of rotatable bonds is 6. The fraction of sp³-hybridized carbons (Fsp3) is 0. The first kappa shape index (κ1) is 32.6. The monoisotopic (exact) mass is 750 g/mol. The van der Waals surface area contributed by atoms with Gasteiger partial charge in [-0.3, -0.25) is 0 Å². The molecule has 11 rings (SSSR count). The summed E-state index contributed by atoms with van der Waals surface area (Å²) in [5.74, 6) is 1.34. The SMILES string of the molecule is c1ccc(-c2cc(-c3cccc(-c4ncccn4)c3)nc(-c3cc(-c4cccc5c4sc4ccccc45)cc(-c4cccc5c4sc4ccccc45)c3)n2)cc1. The van der Waals surface area contributed by atoms with Crippen LogP contribution in [0.1, 0.15) is 0 Å². The summed E-state index contributed by atoms with van der Waals surface area (Å²) >= 11 is 3.70. The molecule has 56 heavy (non-hydrogen) atoms. The second-order valence-corrected chi connectivity index (χ2v) is 15.9. The number of fused-ring (bicyclic) bond motifs is 6. The summed E-state index contributed by atoms with van der Waals surface area (Å²) in [7, 11) is 0. The standard InChI is InChI=1S/C50H30N4S2/c1-2-12-31(13-3-1)43-30-44(32-14-8-15-33(26-32)49-51-24-11-25-52-49)54-50(53-43)36-28-34(37-18-9-20-41-39-16-4-6-22-45(39)55-47(37)41)27-35(29-36)38-19-10-21-42-40-17-5-7-23-46(40)56-48(38)42/h1-30H. The van der Waals surface area contributed by atoms with E-state index in [2.05, 4.69) is 156 Å². The Labute approximate surface area is 331 Å². The first-order valence-corrected chi connectivity index (χ1v) is 20.2. The lowest BCUT2D eigenvalue weighted by Crippen LogP contribution is -1.97. The molecule has 0 radical (unpaired) electrons. The van der Waals surface area contributed by atoms with E-state index >= 15 is 0 Å². The van der Waals surface area contributed by atoms with E-state index in [0.29, 0.717) is 11.6 Å². The lowest BCUT2D eigenvalue weighted by atomic mass is 9.94. The van der Waals surface area contributed by atoms with Crippen LogP contribution in [0.25, 0.3) is 108 Å². The number of hydrogen-bond acceptors (Lipinski definition) is 6. The van der Waals surface area contributed by atoms with Gasteiger partial charge in [0.2, 0.25) is 0 Å². The number of nitrogens with zero attached hydrogens (tertiary/aromatic N) is 4. The van der Waals surface area contributed by atoms with Gasteiger partial charge in [-0.2, -0.15) is 0 Å². The van der Waals surface area contributed by atoms with Crippen LogP contribution >= 0.6 is 22.7 Å². The molecule has 0 spiro atoms. The largest absolute Gasteiger partial charge is 0.237 e. The van der Waals surface area contributed by atoms with Gasteiger partial charge in [0.1, 0.15) is 0 Å². The van der Waals surface area contributed by atoms with Crippen molar-refractivity contribution in [2.75, 3.05) is 0 Å². The van der Waals surface area contributed by atoms with Crippen molar-refractivity contribution < 1.29 is 0 Å². The first-order valence-electron chi connectivity index (χ1n) is 18.5. The van der Waals surface area contributed by atoms with Crippen LogP contribution in [0.4, 0.5) is 0 Å². The van der Waals surface area contributed by atoms with Gasteiger partial charge in [-0.15, -0.1) is 22.7 Å². The second-order valence-electron chi connectivity index (χ2n) is 13.8. The van der Waals surface area contributed by atoms with Crippen LogP contribution in [-0.2, 0) is 0 Å². The van der Waals surface area contributed by atoms with E-state index in [4.69, 9.17) is 9.97 Å².